The summed E-state index contributed by atoms with van der Waals surface area (Å²) in [5.41, 5.74) is 4.69. The number of halogens is 2. The third-order valence-corrected chi connectivity index (χ3v) is 3.54. The van der Waals surface area contributed by atoms with Gasteiger partial charge in [0, 0.05) is 11.6 Å². The van der Waals surface area contributed by atoms with Crippen LogP contribution in [0.2, 0.25) is 5.02 Å². The van der Waals surface area contributed by atoms with Gasteiger partial charge in [0.2, 0.25) is 0 Å². The van der Waals surface area contributed by atoms with E-state index in [1.165, 1.54) is 0 Å². The zero-order valence-corrected chi connectivity index (χ0v) is 10.2. The SMILES string of the molecule is Cl.NCC(c1ccccc1Cl)P(=O)(O)O. The molecular weight excluding hydrogens is 260 g/mol. The van der Waals surface area contributed by atoms with Crippen LogP contribution in [-0.4, -0.2) is 16.3 Å². The molecule has 7 heteroatoms. The van der Waals surface area contributed by atoms with Gasteiger partial charge >= 0.3 is 7.60 Å². The van der Waals surface area contributed by atoms with Crippen LogP contribution in [0.15, 0.2) is 24.3 Å². The first-order valence-electron chi connectivity index (χ1n) is 3.96. The minimum atomic E-state index is -4.23. The lowest BCUT2D eigenvalue weighted by atomic mass is 10.1. The molecule has 0 aliphatic carbocycles. The van der Waals surface area contributed by atoms with E-state index in [1.807, 2.05) is 0 Å². The van der Waals surface area contributed by atoms with Gasteiger partial charge < -0.3 is 15.5 Å². The summed E-state index contributed by atoms with van der Waals surface area (Å²) < 4.78 is 11.1. The van der Waals surface area contributed by atoms with Gasteiger partial charge in [-0.05, 0) is 11.6 Å². The second kappa shape index (κ2) is 5.85. The summed E-state index contributed by atoms with van der Waals surface area (Å²) in [6.45, 7) is -0.131. The molecule has 1 unspecified atom stereocenters. The van der Waals surface area contributed by atoms with E-state index in [1.54, 1.807) is 24.3 Å². The van der Waals surface area contributed by atoms with Crippen molar-refractivity contribution in [1.82, 2.24) is 0 Å². The molecule has 4 nitrogen and oxygen atoms in total. The molecule has 0 saturated carbocycles. The van der Waals surface area contributed by atoms with Gasteiger partial charge in [0.25, 0.3) is 0 Å². The Kier molecular flexibility index (Phi) is 5.81. The van der Waals surface area contributed by atoms with Crippen LogP contribution >= 0.6 is 31.6 Å². The van der Waals surface area contributed by atoms with E-state index in [2.05, 4.69) is 0 Å². The Morgan fingerprint density at radius 1 is 1.40 bits per heavy atom. The Balaban J connectivity index is 0.00000196. The van der Waals surface area contributed by atoms with Gasteiger partial charge in [0.05, 0.1) is 5.66 Å². The Bertz CT molecular complexity index is 369. The number of nitrogens with two attached hydrogens (primary N) is 1. The van der Waals surface area contributed by atoms with Crippen LogP contribution < -0.4 is 5.73 Å². The molecular formula is C8H12Cl2NO3P. The predicted octanol–water partition coefficient (Wildman–Crippen LogP) is 1.94. The highest BCUT2D eigenvalue weighted by Crippen LogP contribution is 2.52. The summed E-state index contributed by atoms with van der Waals surface area (Å²) in [4.78, 5) is 18.1. The van der Waals surface area contributed by atoms with Crippen LogP contribution in [0.5, 0.6) is 0 Å². The van der Waals surface area contributed by atoms with E-state index in [0.717, 1.165) is 0 Å². The van der Waals surface area contributed by atoms with Gasteiger partial charge in [-0.3, -0.25) is 4.57 Å². The van der Waals surface area contributed by atoms with Gasteiger partial charge in [0.1, 0.15) is 0 Å². The van der Waals surface area contributed by atoms with Crippen molar-refractivity contribution in [1.29, 1.82) is 0 Å². The second-order valence-electron chi connectivity index (χ2n) is 2.86. The molecule has 15 heavy (non-hydrogen) atoms. The topological polar surface area (TPSA) is 83.6 Å². The fraction of sp³-hybridized carbons (Fsp3) is 0.250. The van der Waals surface area contributed by atoms with Gasteiger partial charge in [-0.2, -0.15) is 0 Å². The zero-order chi connectivity index (χ0) is 10.8. The highest BCUT2D eigenvalue weighted by Gasteiger charge is 2.30. The van der Waals surface area contributed by atoms with Crippen LogP contribution in [0.4, 0.5) is 0 Å². The van der Waals surface area contributed by atoms with Gasteiger partial charge in [0.15, 0.2) is 0 Å². The van der Waals surface area contributed by atoms with E-state index in [4.69, 9.17) is 27.1 Å². The normalized spacial score (nSPS) is 13.1. The van der Waals surface area contributed by atoms with Crippen LogP contribution in [0.3, 0.4) is 0 Å². The Labute approximate surface area is 99.0 Å². The van der Waals surface area contributed by atoms with Crippen molar-refractivity contribution < 1.29 is 14.4 Å². The van der Waals surface area contributed by atoms with Gasteiger partial charge in [-0.15, -0.1) is 12.4 Å². The first-order valence-corrected chi connectivity index (χ1v) is 6.02. The molecule has 0 fully saturated rings. The molecule has 1 atom stereocenters. The number of rotatable bonds is 3. The molecule has 1 rings (SSSR count). The fourth-order valence-electron chi connectivity index (χ4n) is 1.19. The predicted molar refractivity (Wildman–Crippen MR) is 62.5 cm³/mol. The summed E-state index contributed by atoms with van der Waals surface area (Å²) in [6, 6.07) is 6.51. The lowest BCUT2D eigenvalue weighted by molar-refractivity contribution is 0.359. The largest absolute Gasteiger partial charge is 0.334 e. The van der Waals surface area contributed by atoms with Crippen LogP contribution in [0, 0.1) is 0 Å². The molecule has 0 spiro atoms. The standard InChI is InChI=1S/C8H11ClNO3P.ClH/c9-7-4-2-1-3-6(7)8(5-10)14(11,12)13;/h1-4,8H,5,10H2,(H2,11,12,13);1H. The molecule has 0 aliphatic heterocycles. The maximum absolute atomic E-state index is 11.1. The molecule has 1 aromatic carbocycles. The number of benzene rings is 1. The van der Waals surface area contributed by atoms with Crippen molar-refractivity contribution in [2.75, 3.05) is 6.54 Å². The lowest BCUT2D eigenvalue weighted by Gasteiger charge is -2.17. The van der Waals surface area contributed by atoms with Crippen molar-refractivity contribution in [3.8, 4) is 0 Å². The Morgan fingerprint density at radius 2 is 1.93 bits per heavy atom. The zero-order valence-electron chi connectivity index (χ0n) is 7.71. The molecule has 4 N–H and O–H groups in total. The van der Waals surface area contributed by atoms with Crippen molar-refractivity contribution in [3.63, 3.8) is 0 Å². The average Bonchev–Trinajstić information content (AvgIpc) is 2.07. The van der Waals surface area contributed by atoms with Crippen molar-refractivity contribution in [2.24, 2.45) is 5.73 Å². The van der Waals surface area contributed by atoms with Crippen molar-refractivity contribution >= 4 is 31.6 Å². The monoisotopic (exact) mass is 271 g/mol. The van der Waals surface area contributed by atoms with E-state index in [-0.39, 0.29) is 19.0 Å². The molecule has 0 saturated heterocycles. The fourth-order valence-corrected chi connectivity index (χ4v) is 2.40. The first-order chi connectivity index (χ1) is 6.46. The summed E-state index contributed by atoms with van der Waals surface area (Å²) >= 11 is 5.80. The molecule has 0 aromatic heterocycles. The summed E-state index contributed by atoms with van der Waals surface area (Å²) in [5, 5.41) is 0.325. The van der Waals surface area contributed by atoms with E-state index >= 15 is 0 Å². The minimum absolute atomic E-state index is 0. The molecule has 86 valence electrons. The molecule has 1 aromatic rings. The van der Waals surface area contributed by atoms with Gasteiger partial charge in [-0.25, -0.2) is 0 Å². The van der Waals surface area contributed by atoms with E-state index in [0.29, 0.717) is 10.6 Å². The Morgan fingerprint density at radius 3 is 2.33 bits per heavy atom. The quantitative estimate of drug-likeness (QED) is 0.734. The van der Waals surface area contributed by atoms with E-state index in [9.17, 15) is 4.57 Å². The molecule has 0 amide bonds. The van der Waals surface area contributed by atoms with Crippen LogP contribution in [0.25, 0.3) is 0 Å². The first kappa shape index (κ1) is 14.9. The average molecular weight is 272 g/mol. The van der Waals surface area contributed by atoms with Crippen LogP contribution in [-0.2, 0) is 4.57 Å². The third-order valence-electron chi connectivity index (χ3n) is 1.89. The lowest BCUT2D eigenvalue weighted by Crippen LogP contribution is -2.13. The highest BCUT2D eigenvalue weighted by atomic mass is 35.5. The minimum Gasteiger partial charge on any atom is -0.329 e. The van der Waals surface area contributed by atoms with Crippen molar-refractivity contribution in [2.45, 2.75) is 5.66 Å². The second-order valence-corrected chi connectivity index (χ2v) is 5.07. The molecule has 0 bridgehead atoms. The smallest absolute Gasteiger partial charge is 0.329 e. The maximum Gasteiger partial charge on any atom is 0.334 e. The molecule has 0 radical (unpaired) electrons. The third kappa shape index (κ3) is 3.76. The number of hydrogen-bond donors (Lipinski definition) is 3. The number of hydrogen-bond acceptors (Lipinski definition) is 2. The van der Waals surface area contributed by atoms with Crippen molar-refractivity contribution in [3.05, 3.63) is 34.9 Å². The van der Waals surface area contributed by atoms with E-state index < -0.39 is 13.3 Å². The Hall–Kier alpha value is -0.0900. The molecule has 0 aliphatic rings. The summed E-state index contributed by atoms with van der Waals surface area (Å²) in [5.74, 6) is 0. The molecule has 0 heterocycles. The maximum atomic E-state index is 11.1. The summed E-state index contributed by atoms with van der Waals surface area (Å²) in [7, 11) is -4.23. The summed E-state index contributed by atoms with van der Waals surface area (Å²) in [6.07, 6.45) is 0. The van der Waals surface area contributed by atoms with Crippen LogP contribution in [0.1, 0.15) is 11.2 Å². The van der Waals surface area contributed by atoms with Gasteiger partial charge in [-0.1, -0.05) is 29.8 Å². The highest BCUT2D eigenvalue weighted by molar-refractivity contribution is 7.52.